The predicted molar refractivity (Wildman–Crippen MR) is 42.5 cm³/mol. The fraction of sp³-hybridized carbons (Fsp3) is 0.200. The molecule has 0 radical (unpaired) electrons. The van der Waals surface area contributed by atoms with Crippen molar-refractivity contribution in [2.45, 2.75) is 6.92 Å². The van der Waals surface area contributed by atoms with Crippen LogP contribution >= 0.6 is 22.6 Å². The van der Waals surface area contributed by atoms with Gasteiger partial charge in [-0.25, -0.2) is 4.98 Å². The number of amides is 1. The Kier molecular flexibility index (Phi) is 1.93. The molecule has 0 aliphatic carbocycles. The summed E-state index contributed by atoms with van der Waals surface area (Å²) in [6, 6.07) is 0. The smallest absolute Gasteiger partial charge is 0.286 e. The van der Waals surface area contributed by atoms with Gasteiger partial charge in [-0.1, -0.05) is 0 Å². The number of halogens is 1. The summed E-state index contributed by atoms with van der Waals surface area (Å²) < 4.78 is 5.31. The van der Waals surface area contributed by atoms with Crippen molar-refractivity contribution in [3.8, 4) is 0 Å². The summed E-state index contributed by atoms with van der Waals surface area (Å²) in [5.41, 5.74) is 5.49. The molecule has 0 unspecified atom stereocenters. The fourth-order valence-electron chi connectivity index (χ4n) is 0.592. The molecule has 0 bridgehead atoms. The molecular weight excluding hydrogens is 247 g/mol. The number of hydrogen-bond donors (Lipinski definition) is 1. The Bertz CT molecular complexity index is 269. The number of carbonyl (C=O) groups is 1. The predicted octanol–water partition coefficient (Wildman–Crippen LogP) is 0.687. The summed E-state index contributed by atoms with van der Waals surface area (Å²) in [7, 11) is 0. The summed E-state index contributed by atoms with van der Waals surface area (Å²) in [4.78, 5) is 14.4. The lowest BCUT2D eigenvalue weighted by atomic mass is 10.4. The quantitative estimate of drug-likeness (QED) is 0.747. The summed E-state index contributed by atoms with van der Waals surface area (Å²) in [6.45, 7) is 1.67. The van der Waals surface area contributed by atoms with E-state index in [1.807, 2.05) is 22.6 Å². The van der Waals surface area contributed by atoms with Crippen LogP contribution in [0.3, 0.4) is 0 Å². The van der Waals surface area contributed by atoms with E-state index in [0.29, 0.717) is 9.59 Å². The molecular formula is C5H5IN2O2. The number of aryl methyl sites for hydroxylation is 1. The zero-order chi connectivity index (χ0) is 7.72. The van der Waals surface area contributed by atoms with Crippen LogP contribution in [0.2, 0.25) is 0 Å². The normalized spacial score (nSPS) is 9.80. The second kappa shape index (κ2) is 2.57. The van der Waals surface area contributed by atoms with Gasteiger partial charge in [-0.2, -0.15) is 0 Å². The van der Waals surface area contributed by atoms with Gasteiger partial charge in [0.25, 0.3) is 9.80 Å². The average molecular weight is 252 g/mol. The lowest BCUT2D eigenvalue weighted by molar-refractivity contribution is 0.0971. The molecule has 54 valence electrons. The summed E-state index contributed by atoms with van der Waals surface area (Å²) in [6.07, 6.45) is 0. The van der Waals surface area contributed by atoms with Crippen molar-refractivity contribution in [2.24, 2.45) is 5.73 Å². The van der Waals surface area contributed by atoms with Crippen LogP contribution in [0.15, 0.2) is 4.42 Å². The molecule has 5 heteroatoms. The Morgan fingerprint density at radius 3 is 2.60 bits per heavy atom. The van der Waals surface area contributed by atoms with E-state index >= 15 is 0 Å². The van der Waals surface area contributed by atoms with E-state index in [2.05, 4.69) is 4.98 Å². The van der Waals surface area contributed by atoms with Gasteiger partial charge in [-0.05, 0) is 6.92 Å². The average Bonchev–Trinajstić information content (AvgIpc) is 2.10. The van der Waals surface area contributed by atoms with Gasteiger partial charge in [-0.3, -0.25) is 4.79 Å². The maximum Gasteiger partial charge on any atom is 0.286 e. The van der Waals surface area contributed by atoms with Gasteiger partial charge in [0.2, 0.25) is 5.76 Å². The third-order valence-electron chi connectivity index (χ3n) is 0.994. The van der Waals surface area contributed by atoms with Gasteiger partial charge in [0.1, 0.15) is 0 Å². The van der Waals surface area contributed by atoms with E-state index in [1.165, 1.54) is 0 Å². The molecule has 0 fully saturated rings. The molecule has 1 aromatic heterocycles. The largest absolute Gasteiger partial charge is 0.426 e. The SMILES string of the molecule is Cc1nc(I)oc1C(N)=O. The first-order chi connectivity index (χ1) is 4.61. The topological polar surface area (TPSA) is 69.1 Å². The minimum Gasteiger partial charge on any atom is -0.426 e. The van der Waals surface area contributed by atoms with E-state index in [4.69, 9.17) is 10.2 Å². The summed E-state index contributed by atoms with van der Waals surface area (Å²) in [5, 5.41) is 0. The highest BCUT2D eigenvalue weighted by atomic mass is 127. The number of oxazole rings is 1. The van der Waals surface area contributed by atoms with Gasteiger partial charge in [0.05, 0.1) is 5.69 Å². The second-order valence-electron chi connectivity index (χ2n) is 1.75. The van der Waals surface area contributed by atoms with Crippen molar-refractivity contribution in [3.63, 3.8) is 0 Å². The Hall–Kier alpha value is -0.590. The molecule has 0 spiro atoms. The second-order valence-corrected chi connectivity index (χ2v) is 2.67. The zero-order valence-corrected chi connectivity index (χ0v) is 7.38. The van der Waals surface area contributed by atoms with E-state index in [-0.39, 0.29) is 5.76 Å². The first kappa shape index (κ1) is 7.52. The molecule has 0 aromatic carbocycles. The van der Waals surface area contributed by atoms with Gasteiger partial charge >= 0.3 is 0 Å². The van der Waals surface area contributed by atoms with Gasteiger partial charge in [0.15, 0.2) is 0 Å². The zero-order valence-electron chi connectivity index (χ0n) is 5.22. The monoisotopic (exact) mass is 252 g/mol. The molecule has 1 rings (SSSR count). The fourth-order valence-corrected chi connectivity index (χ4v) is 1.17. The third-order valence-corrected chi connectivity index (χ3v) is 1.46. The molecule has 0 aliphatic heterocycles. The lowest BCUT2D eigenvalue weighted by Gasteiger charge is -1.84. The van der Waals surface area contributed by atoms with Crippen LogP contribution in [0.4, 0.5) is 0 Å². The van der Waals surface area contributed by atoms with Crippen LogP contribution in [0.5, 0.6) is 0 Å². The van der Waals surface area contributed by atoms with Crippen LogP contribution in [-0.2, 0) is 0 Å². The summed E-state index contributed by atoms with van der Waals surface area (Å²) >= 11 is 1.87. The van der Waals surface area contributed by atoms with Crippen LogP contribution in [0.25, 0.3) is 0 Å². The van der Waals surface area contributed by atoms with Crippen molar-refractivity contribution in [1.29, 1.82) is 0 Å². The number of aromatic nitrogens is 1. The lowest BCUT2D eigenvalue weighted by Crippen LogP contribution is -2.10. The highest BCUT2D eigenvalue weighted by Crippen LogP contribution is 2.10. The summed E-state index contributed by atoms with van der Waals surface area (Å²) in [5.74, 6) is -0.433. The molecule has 1 aromatic rings. The van der Waals surface area contributed by atoms with E-state index < -0.39 is 5.91 Å². The molecule has 4 nitrogen and oxygen atoms in total. The standard InChI is InChI=1S/C5H5IN2O2/c1-2-3(4(7)9)10-5(6)8-2/h1H3,(H2,7,9). The van der Waals surface area contributed by atoms with E-state index in [9.17, 15) is 4.79 Å². The van der Waals surface area contributed by atoms with Crippen LogP contribution in [0.1, 0.15) is 16.2 Å². The van der Waals surface area contributed by atoms with Crippen molar-refractivity contribution < 1.29 is 9.21 Å². The Morgan fingerprint density at radius 2 is 2.40 bits per heavy atom. The Morgan fingerprint density at radius 1 is 1.80 bits per heavy atom. The van der Waals surface area contributed by atoms with Crippen molar-refractivity contribution in [2.75, 3.05) is 0 Å². The van der Waals surface area contributed by atoms with Crippen molar-refractivity contribution >= 4 is 28.5 Å². The van der Waals surface area contributed by atoms with Crippen LogP contribution < -0.4 is 5.73 Å². The van der Waals surface area contributed by atoms with Crippen molar-refractivity contribution in [1.82, 2.24) is 4.98 Å². The number of rotatable bonds is 1. The highest BCUT2D eigenvalue weighted by Gasteiger charge is 2.11. The first-order valence-corrected chi connectivity index (χ1v) is 3.62. The van der Waals surface area contributed by atoms with Crippen LogP contribution in [-0.4, -0.2) is 10.9 Å². The van der Waals surface area contributed by atoms with Gasteiger partial charge in [0, 0.05) is 22.6 Å². The molecule has 2 N–H and O–H groups in total. The third kappa shape index (κ3) is 1.28. The first-order valence-electron chi connectivity index (χ1n) is 2.54. The molecule has 0 aliphatic rings. The molecule has 1 heterocycles. The highest BCUT2D eigenvalue weighted by molar-refractivity contribution is 14.1. The van der Waals surface area contributed by atoms with Gasteiger partial charge < -0.3 is 10.2 Å². The molecule has 0 saturated carbocycles. The van der Waals surface area contributed by atoms with E-state index in [0.717, 1.165) is 0 Å². The minimum atomic E-state index is -0.576. The van der Waals surface area contributed by atoms with Gasteiger partial charge in [-0.15, -0.1) is 0 Å². The molecule has 1 amide bonds. The number of nitrogens with two attached hydrogens (primary N) is 1. The molecule has 0 atom stereocenters. The Labute approximate surface area is 70.9 Å². The maximum absolute atomic E-state index is 10.5. The Balaban J connectivity index is 3.15. The minimum absolute atomic E-state index is 0.143. The number of nitrogens with zero attached hydrogens (tertiary/aromatic N) is 1. The maximum atomic E-state index is 10.5. The van der Waals surface area contributed by atoms with Crippen LogP contribution in [0, 0.1) is 10.8 Å². The molecule has 10 heavy (non-hydrogen) atoms. The number of carbonyl (C=O) groups excluding carboxylic acids is 1. The number of hydrogen-bond acceptors (Lipinski definition) is 3. The number of primary amides is 1. The van der Waals surface area contributed by atoms with E-state index in [1.54, 1.807) is 6.92 Å². The van der Waals surface area contributed by atoms with Crippen molar-refractivity contribution in [3.05, 3.63) is 15.4 Å². The molecule has 0 saturated heterocycles.